The van der Waals surface area contributed by atoms with Gasteiger partial charge in [0.1, 0.15) is 17.3 Å². The summed E-state index contributed by atoms with van der Waals surface area (Å²) < 4.78 is 7.86. The topological polar surface area (TPSA) is 66.5 Å². The van der Waals surface area contributed by atoms with Crippen LogP contribution in [-0.4, -0.2) is 39.0 Å². The average molecular weight is 347 g/mol. The Morgan fingerprint density at radius 2 is 2.08 bits per heavy atom. The predicted octanol–water partition coefficient (Wildman–Crippen LogP) is 2.89. The summed E-state index contributed by atoms with van der Waals surface area (Å²) in [6.07, 6.45) is 7.97. The maximum atomic E-state index is 9.10. The number of fused-ring (bicyclic) bond motifs is 1. The van der Waals surface area contributed by atoms with Crippen LogP contribution in [0.3, 0.4) is 0 Å². The molecule has 1 aliphatic rings. The third kappa shape index (κ3) is 3.68. The molecule has 3 aromatic rings. The van der Waals surface area contributed by atoms with E-state index in [-0.39, 0.29) is 0 Å². The number of rotatable bonds is 5. The van der Waals surface area contributed by atoms with Gasteiger partial charge in [0.05, 0.1) is 12.3 Å². The molecule has 0 bridgehead atoms. The van der Waals surface area contributed by atoms with Gasteiger partial charge in [-0.2, -0.15) is 5.26 Å². The zero-order valence-electron chi connectivity index (χ0n) is 14.6. The van der Waals surface area contributed by atoms with Gasteiger partial charge < -0.3 is 9.14 Å². The Bertz CT molecular complexity index is 888. The molecule has 26 heavy (non-hydrogen) atoms. The van der Waals surface area contributed by atoms with Gasteiger partial charge in [-0.05, 0) is 56.1 Å². The summed E-state index contributed by atoms with van der Waals surface area (Å²) in [4.78, 5) is 11.3. The van der Waals surface area contributed by atoms with Crippen LogP contribution in [0.2, 0.25) is 0 Å². The lowest BCUT2D eigenvalue weighted by molar-refractivity contribution is 0.133. The van der Waals surface area contributed by atoms with Gasteiger partial charge in [0, 0.05) is 25.1 Å². The molecule has 4 heterocycles. The van der Waals surface area contributed by atoms with E-state index in [9.17, 15) is 0 Å². The van der Waals surface area contributed by atoms with Crippen LogP contribution in [-0.2, 0) is 6.54 Å². The van der Waals surface area contributed by atoms with Crippen molar-refractivity contribution in [1.29, 1.82) is 5.26 Å². The van der Waals surface area contributed by atoms with Crippen LogP contribution in [0.5, 0.6) is 5.88 Å². The number of nitriles is 1. The Balaban J connectivity index is 1.28. The first-order valence-electron chi connectivity index (χ1n) is 8.95. The Kier molecular flexibility index (Phi) is 4.80. The van der Waals surface area contributed by atoms with Crippen LogP contribution in [0, 0.1) is 17.2 Å². The molecule has 0 aromatic carbocycles. The van der Waals surface area contributed by atoms with Crippen LogP contribution >= 0.6 is 0 Å². The molecule has 0 atom stereocenters. The molecule has 0 N–H and O–H groups in total. The van der Waals surface area contributed by atoms with E-state index in [1.54, 1.807) is 18.3 Å². The molecular formula is C20H21N5O. The fourth-order valence-corrected chi connectivity index (χ4v) is 3.39. The summed E-state index contributed by atoms with van der Waals surface area (Å²) in [7, 11) is 0. The largest absolute Gasteiger partial charge is 0.476 e. The molecular weight excluding hydrogens is 326 g/mol. The summed E-state index contributed by atoms with van der Waals surface area (Å²) in [6, 6.07) is 11.7. The number of hydrogen-bond acceptors (Lipinski definition) is 5. The highest BCUT2D eigenvalue weighted by molar-refractivity contribution is 5.39. The Morgan fingerprint density at radius 3 is 2.88 bits per heavy atom. The first-order valence-corrected chi connectivity index (χ1v) is 8.95. The number of ether oxygens (including phenoxy) is 1. The van der Waals surface area contributed by atoms with E-state index in [2.05, 4.69) is 31.5 Å². The fraction of sp³-hybridized carbons (Fsp3) is 0.350. The maximum Gasteiger partial charge on any atom is 0.231 e. The van der Waals surface area contributed by atoms with Crippen LogP contribution in [0.25, 0.3) is 5.65 Å². The van der Waals surface area contributed by atoms with E-state index in [0.717, 1.165) is 43.8 Å². The molecule has 3 aromatic heterocycles. The van der Waals surface area contributed by atoms with Crippen molar-refractivity contribution in [2.45, 2.75) is 19.4 Å². The highest BCUT2D eigenvalue weighted by Crippen LogP contribution is 2.21. The van der Waals surface area contributed by atoms with E-state index >= 15 is 0 Å². The van der Waals surface area contributed by atoms with Crippen molar-refractivity contribution in [1.82, 2.24) is 19.3 Å². The zero-order chi connectivity index (χ0) is 17.8. The zero-order valence-corrected chi connectivity index (χ0v) is 14.6. The number of imidazole rings is 1. The third-order valence-electron chi connectivity index (χ3n) is 4.85. The molecule has 132 valence electrons. The molecule has 0 saturated carbocycles. The molecule has 4 rings (SSSR count). The molecule has 6 nitrogen and oxygen atoms in total. The normalized spacial score (nSPS) is 15.8. The van der Waals surface area contributed by atoms with Gasteiger partial charge in [0.25, 0.3) is 0 Å². The summed E-state index contributed by atoms with van der Waals surface area (Å²) in [6.45, 7) is 3.58. The average Bonchev–Trinajstić information content (AvgIpc) is 3.10. The first kappa shape index (κ1) is 16.6. The molecule has 1 saturated heterocycles. The maximum absolute atomic E-state index is 9.10. The minimum Gasteiger partial charge on any atom is -0.476 e. The molecule has 1 aliphatic heterocycles. The van der Waals surface area contributed by atoms with Gasteiger partial charge in [-0.1, -0.05) is 6.07 Å². The van der Waals surface area contributed by atoms with E-state index < -0.39 is 0 Å². The summed E-state index contributed by atoms with van der Waals surface area (Å²) in [5.41, 5.74) is 2.60. The van der Waals surface area contributed by atoms with Gasteiger partial charge >= 0.3 is 0 Å². The summed E-state index contributed by atoms with van der Waals surface area (Å²) in [5.74, 6) is 0.947. The highest BCUT2D eigenvalue weighted by Gasteiger charge is 2.21. The van der Waals surface area contributed by atoms with Crippen LogP contribution < -0.4 is 4.74 Å². The van der Waals surface area contributed by atoms with Crippen LogP contribution in [0.4, 0.5) is 0 Å². The minimum atomic E-state index is 0.446. The quantitative estimate of drug-likeness (QED) is 0.710. The van der Waals surface area contributed by atoms with E-state index in [1.807, 2.05) is 24.4 Å². The SMILES string of the molecule is N#Cc1cccnc1OCC1CCN(Cc2cn3ccccc3n2)CC1. The fourth-order valence-electron chi connectivity index (χ4n) is 3.39. The molecule has 0 radical (unpaired) electrons. The van der Waals surface area contributed by atoms with Crippen LogP contribution in [0.15, 0.2) is 48.9 Å². The highest BCUT2D eigenvalue weighted by atomic mass is 16.5. The number of pyridine rings is 2. The standard InChI is InChI=1S/C20H21N5O/c21-12-17-4-3-8-22-20(17)26-15-16-6-10-24(11-7-16)13-18-14-25-9-2-1-5-19(25)23-18/h1-5,8-9,14,16H,6-7,10-11,13,15H2. The van der Waals surface area contributed by atoms with Crippen molar-refractivity contribution in [2.75, 3.05) is 19.7 Å². The molecule has 6 heteroatoms. The van der Waals surface area contributed by atoms with E-state index in [0.29, 0.717) is 24.0 Å². The van der Waals surface area contributed by atoms with Crippen molar-refractivity contribution in [3.63, 3.8) is 0 Å². The second-order valence-electron chi connectivity index (χ2n) is 6.70. The first-order chi connectivity index (χ1) is 12.8. The van der Waals surface area contributed by atoms with Crippen molar-refractivity contribution >= 4 is 5.65 Å². The van der Waals surface area contributed by atoms with Gasteiger partial charge in [-0.25, -0.2) is 9.97 Å². The van der Waals surface area contributed by atoms with Gasteiger partial charge in [0.15, 0.2) is 0 Å². The lowest BCUT2D eigenvalue weighted by Crippen LogP contribution is -2.35. The van der Waals surface area contributed by atoms with Crippen molar-refractivity contribution in [3.8, 4) is 11.9 Å². The van der Waals surface area contributed by atoms with Crippen molar-refractivity contribution in [2.24, 2.45) is 5.92 Å². The Labute approximate surface area is 152 Å². The van der Waals surface area contributed by atoms with E-state index in [4.69, 9.17) is 10.00 Å². The molecule has 0 aliphatic carbocycles. The second-order valence-corrected chi connectivity index (χ2v) is 6.70. The molecule has 1 fully saturated rings. The second kappa shape index (κ2) is 7.54. The molecule has 0 unspecified atom stereocenters. The number of aromatic nitrogens is 3. The third-order valence-corrected chi connectivity index (χ3v) is 4.85. The number of hydrogen-bond donors (Lipinski definition) is 0. The number of likely N-dealkylation sites (tertiary alicyclic amines) is 1. The van der Waals surface area contributed by atoms with E-state index in [1.165, 1.54) is 0 Å². The molecule has 0 spiro atoms. The van der Waals surface area contributed by atoms with Crippen molar-refractivity contribution in [3.05, 3.63) is 60.2 Å². The monoisotopic (exact) mass is 347 g/mol. The Hall–Kier alpha value is -2.91. The van der Waals surface area contributed by atoms with Gasteiger partial charge in [-0.15, -0.1) is 0 Å². The van der Waals surface area contributed by atoms with Gasteiger partial charge in [0.2, 0.25) is 5.88 Å². The number of nitrogens with zero attached hydrogens (tertiary/aromatic N) is 5. The minimum absolute atomic E-state index is 0.446. The van der Waals surface area contributed by atoms with Crippen molar-refractivity contribution < 1.29 is 4.74 Å². The lowest BCUT2D eigenvalue weighted by Gasteiger charge is -2.31. The molecule has 0 amide bonds. The summed E-state index contributed by atoms with van der Waals surface area (Å²) in [5, 5.41) is 9.10. The van der Waals surface area contributed by atoms with Gasteiger partial charge in [-0.3, -0.25) is 4.90 Å². The van der Waals surface area contributed by atoms with Crippen LogP contribution in [0.1, 0.15) is 24.1 Å². The number of piperidine rings is 1. The smallest absolute Gasteiger partial charge is 0.231 e. The lowest BCUT2D eigenvalue weighted by atomic mass is 9.98. The predicted molar refractivity (Wildman–Crippen MR) is 97.6 cm³/mol. The Morgan fingerprint density at radius 1 is 1.19 bits per heavy atom. The summed E-state index contributed by atoms with van der Waals surface area (Å²) >= 11 is 0.